The molecule has 0 saturated heterocycles. The summed E-state index contributed by atoms with van der Waals surface area (Å²) < 4.78 is 105. The molecule has 6 nitrogen and oxygen atoms in total. The van der Waals surface area contributed by atoms with Crippen molar-refractivity contribution in [1.29, 1.82) is 0 Å². The van der Waals surface area contributed by atoms with Gasteiger partial charge in [-0.15, -0.1) is 0 Å². The van der Waals surface area contributed by atoms with E-state index in [1.54, 1.807) is 18.3 Å². The SMILES string of the molecule is CC(C)[C@@H](CNc1ccc(C(F)(F)F)cc1)NC(=O)Cc1ccccn1.O=C(C(=O)C(F)(F)F)C(F)(F)F. The summed E-state index contributed by atoms with van der Waals surface area (Å²) in [7, 11) is 0. The van der Waals surface area contributed by atoms with Crippen LogP contribution in [-0.2, 0) is 27.0 Å². The predicted octanol–water partition coefficient (Wildman–Crippen LogP) is 5.15. The fraction of sp³-hybridized carbons (Fsp3) is 0.391. The van der Waals surface area contributed by atoms with Crippen LogP contribution in [0, 0.1) is 5.92 Å². The minimum absolute atomic E-state index is 0.142. The van der Waals surface area contributed by atoms with Crippen molar-refractivity contribution < 1.29 is 53.9 Å². The maximum absolute atomic E-state index is 12.6. The van der Waals surface area contributed by atoms with Gasteiger partial charge in [0.2, 0.25) is 5.91 Å². The Bertz CT molecular complexity index is 1040. The zero-order valence-corrected chi connectivity index (χ0v) is 19.8. The summed E-state index contributed by atoms with van der Waals surface area (Å²) >= 11 is 0. The molecule has 0 aliphatic heterocycles. The molecule has 0 aliphatic carbocycles. The molecule has 210 valence electrons. The fourth-order valence-electron chi connectivity index (χ4n) is 2.64. The van der Waals surface area contributed by atoms with Crippen LogP contribution in [0.1, 0.15) is 25.1 Å². The summed E-state index contributed by atoms with van der Waals surface area (Å²) in [6.07, 6.45) is -14.1. The van der Waals surface area contributed by atoms with E-state index in [0.717, 1.165) is 12.1 Å². The van der Waals surface area contributed by atoms with E-state index in [0.29, 0.717) is 17.9 Å². The van der Waals surface area contributed by atoms with Crippen molar-refractivity contribution in [3.8, 4) is 0 Å². The number of anilines is 1. The third kappa shape index (κ3) is 11.2. The Kier molecular flexibility index (Phi) is 11.3. The van der Waals surface area contributed by atoms with E-state index >= 15 is 0 Å². The van der Waals surface area contributed by atoms with Crippen LogP contribution in [0.2, 0.25) is 0 Å². The Morgan fingerprint density at radius 3 is 1.74 bits per heavy atom. The summed E-state index contributed by atoms with van der Waals surface area (Å²) in [4.78, 5) is 35.5. The van der Waals surface area contributed by atoms with Gasteiger partial charge in [0, 0.05) is 30.2 Å². The average Bonchev–Trinajstić information content (AvgIpc) is 2.80. The van der Waals surface area contributed by atoms with Crippen molar-refractivity contribution in [3.05, 3.63) is 59.9 Å². The lowest BCUT2D eigenvalue weighted by Gasteiger charge is -2.23. The van der Waals surface area contributed by atoms with Crippen LogP contribution >= 0.6 is 0 Å². The van der Waals surface area contributed by atoms with Gasteiger partial charge in [0.15, 0.2) is 0 Å². The molecule has 38 heavy (non-hydrogen) atoms. The number of amides is 1. The average molecular weight is 559 g/mol. The number of benzene rings is 1. The van der Waals surface area contributed by atoms with E-state index in [2.05, 4.69) is 15.6 Å². The highest BCUT2D eigenvalue weighted by Crippen LogP contribution is 2.30. The first-order valence-electron chi connectivity index (χ1n) is 10.7. The van der Waals surface area contributed by atoms with Crippen molar-refractivity contribution in [1.82, 2.24) is 10.3 Å². The third-order valence-corrected chi connectivity index (χ3v) is 4.68. The molecule has 0 bridgehead atoms. The van der Waals surface area contributed by atoms with Crippen molar-refractivity contribution in [2.75, 3.05) is 11.9 Å². The Morgan fingerprint density at radius 1 is 0.816 bits per heavy atom. The zero-order chi connectivity index (χ0) is 29.3. The van der Waals surface area contributed by atoms with Gasteiger partial charge in [0.1, 0.15) is 0 Å². The molecule has 0 aliphatic rings. The smallest absolute Gasteiger partial charge is 0.383 e. The van der Waals surface area contributed by atoms with Crippen LogP contribution in [0.25, 0.3) is 0 Å². The second kappa shape index (κ2) is 13.2. The van der Waals surface area contributed by atoms with Gasteiger partial charge >= 0.3 is 30.1 Å². The van der Waals surface area contributed by atoms with Gasteiger partial charge in [-0.2, -0.15) is 39.5 Å². The number of nitrogens with one attached hydrogen (secondary N) is 2. The van der Waals surface area contributed by atoms with Crippen molar-refractivity contribution in [3.63, 3.8) is 0 Å². The topological polar surface area (TPSA) is 88.2 Å². The summed E-state index contributed by atoms with van der Waals surface area (Å²) in [5, 5.41) is 6.03. The molecule has 1 atom stereocenters. The highest BCUT2D eigenvalue weighted by molar-refractivity contribution is 6.41. The van der Waals surface area contributed by atoms with Crippen LogP contribution in [0.3, 0.4) is 0 Å². The van der Waals surface area contributed by atoms with Crippen LogP contribution in [0.4, 0.5) is 45.2 Å². The normalized spacial score (nSPS) is 12.7. The standard InChI is InChI=1S/C19H22F3N3O.C4F6O2/c1-13(2)17(25-18(26)11-16-5-3-4-10-23-16)12-24-15-8-6-14(7-9-15)19(20,21)22;5-3(6,7)1(11)2(12)4(8,9)10/h3-10,13,17,24H,11-12H2,1-2H3,(H,25,26);/t17-;/m1./s1. The molecule has 0 radical (unpaired) electrons. The lowest BCUT2D eigenvalue weighted by molar-refractivity contribution is -0.193. The molecule has 2 N–H and O–H groups in total. The second-order valence-corrected chi connectivity index (χ2v) is 8.03. The molecule has 2 aromatic rings. The number of hydrogen-bond donors (Lipinski definition) is 2. The maximum Gasteiger partial charge on any atom is 0.458 e. The van der Waals surface area contributed by atoms with Crippen LogP contribution in [-0.4, -0.2) is 47.4 Å². The number of halogens is 9. The number of Topliss-reactive ketones (excluding diaryl/α,β-unsaturated/α-hetero) is 2. The summed E-state index contributed by atoms with van der Waals surface area (Å²) in [6, 6.07) is 10.1. The molecule has 0 fully saturated rings. The molecular formula is C23H22F9N3O3. The van der Waals surface area contributed by atoms with E-state index in [1.165, 1.54) is 12.1 Å². The largest absolute Gasteiger partial charge is 0.458 e. The number of carbonyl (C=O) groups is 3. The second-order valence-electron chi connectivity index (χ2n) is 8.03. The lowest BCUT2D eigenvalue weighted by atomic mass is 10.0. The first-order chi connectivity index (χ1) is 17.3. The van der Waals surface area contributed by atoms with Crippen LogP contribution in [0.5, 0.6) is 0 Å². The molecule has 0 saturated carbocycles. The van der Waals surface area contributed by atoms with Gasteiger partial charge in [-0.25, -0.2) is 0 Å². The van der Waals surface area contributed by atoms with Gasteiger partial charge in [-0.05, 0) is 42.3 Å². The molecular weight excluding hydrogens is 537 g/mol. The lowest BCUT2D eigenvalue weighted by Crippen LogP contribution is -2.43. The van der Waals surface area contributed by atoms with Gasteiger partial charge in [0.25, 0.3) is 0 Å². The molecule has 1 aromatic heterocycles. The van der Waals surface area contributed by atoms with Gasteiger partial charge in [0.05, 0.1) is 12.0 Å². The molecule has 1 aromatic carbocycles. The van der Waals surface area contributed by atoms with Gasteiger partial charge in [-0.1, -0.05) is 19.9 Å². The van der Waals surface area contributed by atoms with Crippen molar-refractivity contribution in [2.45, 2.75) is 44.8 Å². The molecule has 1 heterocycles. The number of nitrogens with zero attached hydrogens (tertiary/aromatic N) is 1. The van der Waals surface area contributed by atoms with E-state index in [4.69, 9.17) is 0 Å². The zero-order valence-electron chi connectivity index (χ0n) is 19.8. The molecule has 0 spiro atoms. The summed E-state index contributed by atoms with van der Waals surface area (Å²) in [5.74, 6) is -6.80. The Balaban J connectivity index is 0.000000508. The van der Waals surface area contributed by atoms with E-state index in [1.807, 2.05) is 19.9 Å². The Labute approximate surface area is 210 Å². The highest BCUT2D eigenvalue weighted by Gasteiger charge is 2.54. The van der Waals surface area contributed by atoms with Crippen molar-refractivity contribution >= 4 is 23.2 Å². The number of pyridine rings is 1. The number of rotatable bonds is 8. The number of alkyl halides is 9. The van der Waals surface area contributed by atoms with Gasteiger partial charge < -0.3 is 10.6 Å². The van der Waals surface area contributed by atoms with Crippen molar-refractivity contribution in [2.24, 2.45) is 5.92 Å². The minimum atomic E-state index is -5.77. The van der Waals surface area contributed by atoms with E-state index < -0.39 is 35.7 Å². The van der Waals surface area contributed by atoms with E-state index in [9.17, 15) is 53.9 Å². The van der Waals surface area contributed by atoms with E-state index in [-0.39, 0.29) is 24.3 Å². The maximum atomic E-state index is 12.6. The first kappa shape index (κ1) is 32.4. The molecule has 1 amide bonds. The number of hydrogen-bond acceptors (Lipinski definition) is 5. The molecule has 2 rings (SSSR count). The monoisotopic (exact) mass is 559 g/mol. The van der Waals surface area contributed by atoms with Crippen LogP contribution < -0.4 is 10.6 Å². The minimum Gasteiger partial charge on any atom is -0.383 e. The van der Waals surface area contributed by atoms with Gasteiger partial charge in [-0.3, -0.25) is 19.4 Å². The predicted molar refractivity (Wildman–Crippen MR) is 117 cm³/mol. The fourth-order valence-corrected chi connectivity index (χ4v) is 2.64. The third-order valence-electron chi connectivity index (χ3n) is 4.68. The Hall–Kier alpha value is -3.65. The first-order valence-corrected chi connectivity index (χ1v) is 10.7. The summed E-state index contributed by atoms with van der Waals surface area (Å²) in [6.45, 7) is 4.36. The number of aromatic nitrogens is 1. The van der Waals surface area contributed by atoms with Crippen LogP contribution in [0.15, 0.2) is 48.7 Å². The molecule has 15 heteroatoms. The summed E-state index contributed by atoms with van der Waals surface area (Å²) in [5.41, 5.74) is 0.568. The number of ketones is 2. The Morgan fingerprint density at radius 2 is 1.34 bits per heavy atom. The quantitative estimate of drug-likeness (QED) is 0.345. The number of carbonyl (C=O) groups excluding carboxylic acids is 3. The molecule has 0 unspecified atom stereocenters. The highest BCUT2D eigenvalue weighted by atomic mass is 19.4.